The van der Waals surface area contributed by atoms with Gasteiger partial charge >= 0.3 is 5.97 Å². The summed E-state index contributed by atoms with van der Waals surface area (Å²) in [4.78, 5) is 13.5. The molecule has 0 spiro atoms. The van der Waals surface area contributed by atoms with E-state index in [0.717, 1.165) is 29.9 Å². The van der Waals surface area contributed by atoms with Crippen molar-refractivity contribution in [1.82, 2.24) is 4.90 Å². The largest absolute Gasteiger partial charge is 0.481 e. The van der Waals surface area contributed by atoms with Crippen LogP contribution in [0.1, 0.15) is 39.5 Å². The first-order chi connectivity index (χ1) is 8.58. The molecule has 3 nitrogen and oxygen atoms in total. The summed E-state index contributed by atoms with van der Waals surface area (Å²) in [6, 6.07) is 0.859. The van der Waals surface area contributed by atoms with E-state index in [4.69, 9.17) is 5.11 Å². The van der Waals surface area contributed by atoms with Crippen LogP contribution in [0.4, 0.5) is 0 Å². The van der Waals surface area contributed by atoms with Gasteiger partial charge in [-0.15, -0.1) is 0 Å². The van der Waals surface area contributed by atoms with E-state index in [2.05, 4.69) is 18.7 Å². The summed E-state index contributed by atoms with van der Waals surface area (Å²) in [6.45, 7) is 5.75. The third-order valence-corrected chi connectivity index (χ3v) is 5.62. The van der Waals surface area contributed by atoms with E-state index in [1.165, 1.54) is 19.3 Å². The Morgan fingerprint density at radius 3 is 2.89 bits per heavy atom. The van der Waals surface area contributed by atoms with Gasteiger partial charge in [0.05, 0.1) is 6.42 Å². The average Bonchev–Trinajstić information content (AvgIpc) is 2.32. The van der Waals surface area contributed by atoms with E-state index in [9.17, 15) is 4.79 Å². The number of aliphatic carboxylic acids is 1. The van der Waals surface area contributed by atoms with Crippen LogP contribution in [0.2, 0.25) is 0 Å². The van der Waals surface area contributed by atoms with Crippen molar-refractivity contribution in [3.05, 3.63) is 0 Å². The maximum atomic E-state index is 11.0. The van der Waals surface area contributed by atoms with Crippen LogP contribution in [0.15, 0.2) is 0 Å². The van der Waals surface area contributed by atoms with Gasteiger partial charge in [-0.3, -0.25) is 9.69 Å². The number of nitrogens with zero attached hydrogens (tertiary/aromatic N) is 1. The highest BCUT2D eigenvalue weighted by atomic mass is 32.2. The maximum absolute atomic E-state index is 11.0. The molecule has 0 aromatic rings. The molecule has 1 saturated carbocycles. The minimum Gasteiger partial charge on any atom is -0.481 e. The molecule has 104 valence electrons. The lowest BCUT2D eigenvalue weighted by atomic mass is 9.78. The van der Waals surface area contributed by atoms with Gasteiger partial charge in [0.1, 0.15) is 0 Å². The fraction of sp³-hybridized carbons (Fsp3) is 0.929. The summed E-state index contributed by atoms with van der Waals surface area (Å²) in [6.07, 6.45) is 4.20. The van der Waals surface area contributed by atoms with Crippen LogP contribution in [-0.2, 0) is 4.79 Å². The van der Waals surface area contributed by atoms with E-state index in [0.29, 0.717) is 12.5 Å². The Morgan fingerprint density at radius 2 is 2.17 bits per heavy atom. The zero-order valence-corrected chi connectivity index (χ0v) is 12.3. The molecule has 0 aromatic carbocycles. The van der Waals surface area contributed by atoms with Crippen molar-refractivity contribution in [2.45, 2.75) is 51.6 Å². The van der Waals surface area contributed by atoms with Crippen molar-refractivity contribution >= 4 is 17.7 Å². The number of rotatable bonds is 3. The van der Waals surface area contributed by atoms with Gasteiger partial charge in [-0.2, -0.15) is 11.8 Å². The van der Waals surface area contributed by atoms with Gasteiger partial charge in [0.2, 0.25) is 0 Å². The number of carbonyl (C=O) groups is 1. The molecule has 1 aliphatic heterocycles. The standard InChI is InChI=1S/C14H25NO2S/c1-10-3-4-11(2)13(7-10)15-5-6-18-9-12(15)8-14(16)17/h10-13H,3-9H2,1-2H3,(H,16,17). The Balaban J connectivity index is 2.04. The fourth-order valence-corrected chi connectivity index (χ4v) is 4.53. The first-order valence-corrected chi connectivity index (χ1v) is 8.28. The van der Waals surface area contributed by atoms with Crippen LogP contribution in [0, 0.1) is 11.8 Å². The molecular formula is C14H25NO2S. The summed E-state index contributed by atoms with van der Waals surface area (Å²) < 4.78 is 0. The molecule has 0 radical (unpaired) electrons. The number of hydrogen-bond donors (Lipinski definition) is 1. The smallest absolute Gasteiger partial charge is 0.304 e. The third-order valence-electron chi connectivity index (χ3n) is 4.52. The van der Waals surface area contributed by atoms with Gasteiger partial charge in [0.15, 0.2) is 0 Å². The van der Waals surface area contributed by atoms with Gasteiger partial charge in [0, 0.05) is 30.1 Å². The molecule has 4 heteroatoms. The minimum absolute atomic E-state index is 0.249. The zero-order chi connectivity index (χ0) is 13.1. The second-order valence-corrected chi connectivity index (χ2v) is 7.18. The lowest BCUT2D eigenvalue weighted by molar-refractivity contribution is -0.138. The third kappa shape index (κ3) is 3.41. The van der Waals surface area contributed by atoms with Gasteiger partial charge < -0.3 is 5.11 Å². The van der Waals surface area contributed by atoms with Gasteiger partial charge in [-0.25, -0.2) is 0 Å². The summed E-state index contributed by atoms with van der Waals surface area (Å²) in [7, 11) is 0. The molecule has 2 aliphatic rings. The molecule has 1 heterocycles. The van der Waals surface area contributed by atoms with Crippen LogP contribution in [-0.4, -0.2) is 46.1 Å². The molecule has 2 rings (SSSR count). The SMILES string of the molecule is CC1CCC(C)C(N2CCSCC2CC(=O)O)C1. The Labute approximate surface area is 114 Å². The quantitative estimate of drug-likeness (QED) is 0.857. The highest BCUT2D eigenvalue weighted by Gasteiger charge is 2.36. The predicted octanol–water partition coefficient (Wildman–Crippen LogP) is 2.70. The van der Waals surface area contributed by atoms with Crippen molar-refractivity contribution in [2.24, 2.45) is 11.8 Å². The Hall–Kier alpha value is -0.220. The van der Waals surface area contributed by atoms with Crippen molar-refractivity contribution in [2.75, 3.05) is 18.1 Å². The number of carboxylic acid groups (broad SMARTS) is 1. The molecule has 1 saturated heterocycles. The summed E-state index contributed by atoms with van der Waals surface area (Å²) in [5.74, 6) is 3.02. The summed E-state index contributed by atoms with van der Waals surface area (Å²) in [5.41, 5.74) is 0. The number of thioether (sulfide) groups is 1. The van der Waals surface area contributed by atoms with Gasteiger partial charge in [-0.05, 0) is 24.7 Å². The molecule has 4 unspecified atom stereocenters. The first kappa shape index (κ1) is 14.2. The Kier molecular flexibility index (Phi) is 4.96. The van der Waals surface area contributed by atoms with Crippen LogP contribution in [0.3, 0.4) is 0 Å². The summed E-state index contributed by atoms with van der Waals surface area (Å²) >= 11 is 1.91. The Bertz CT molecular complexity index is 298. The first-order valence-electron chi connectivity index (χ1n) is 7.13. The molecule has 4 atom stereocenters. The lowest BCUT2D eigenvalue weighted by Crippen LogP contribution is -2.53. The average molecular weight is 271 g/mol. The van der Waals surface area contributed by atoms with E-state index >= 15 is 0 Å². The van der Waals surface area contributed by atoms with E-state index in [1.807, 2.05) is 11.8 Å². The van der Waals surface area contributed by atoms with Crippen molar-refractivity contribution in [1.29, 1.82) is 0 Å². The topological polar surface area (TPSA) is 40.5 Å². The van der Waals surface area contributed by atoms with Crippen LogP contribution >= 0.6 is 11.8 Å². The number of hydrogen-bond acceptors (Lipinski definition) is 3. The molecule has 2 fully saturated rings. The predicted molar refractivity (Wildman–Crippen MR) is 76.0 cm³/mol. The molecule has 0 bridgehead atoms. The van der Waals surface area contributed by atoms with Crippen LogP contribution in [0.5, 0.6) is 0 Å². The normalized spacial score (nSPS) is 38.6. The Morgan fingerprint density at radius 1 is 1.39 bits per heavy atom. The zero-order valence-electron chi connectivity index (χ0n) is 11.5. The molecule has 1 N–H and O–H groups in total. The lowest BCUT2D eigenvalue weighted by Gasteiger charge is -2.46. The molecule has 1 aliphatic carbocycles. The van der Waals surface area contributed by atoms with E-state index in [1.54, 1.807) is 0 Å². The minimum atomic E-state index is -0.649. The van der Waals surface area contributed by atoms with E-state index in [-0.39, 0.29) is 6.04 Å². The van der Waals surface area contributed by atoms with Gasteiger partial charge in [-0.1, -0.05) is 20.3 Å². The van der Waals surface area contributed by atoms with E-state index < -0.39 is 5.97 Å². The second-order valence-electron chi connectivity index (χ2n) is 6.03. The molecule has 0 aromatic heterocycles. The fourth-order valence-electron chi connectivity index (χ4n) is 3.45. The van der Waals surface area contributed by atoms with Crippen molar-refractivity contribution in [3.63, 3.8) is 0 Å². The number of carboxylic acids is 1. The summed E-state index contributed by atoms with van der Waals surface area (Å²) in [5, 5.41) is 9.06. The molecule has 0 amide bonds. The highest BCUT2D eigenvalue weighted by Crippen LogP contribution is 2.35. The van der Waals surface area contributed by atoms with Crippen LogP contribution in [0.25, 0.3) is 0 Å². The molecular weight excluding hydrogens is 246 g/mol. The van der Waals surface area contributed by atoms with Gasteiger partial charge in [0.25, 0.3) is 0 Å². The van der Waals surface area contributed by atoms with Crippen molar-refractivity contribution in [3.8, 4) is 0 Å². The monoisotopic (exact) mass is 271 g/mol. The van der Waals surface area contributed by atoms with Crippen molar-refractivity contribution < 1.29 is 9.90 Å². The van der Waals surface area contributed by atoms with Crippen LogP contribution < -0.4 is 0 Å². The maximum Gasteiger partial charge on any atom is 0.304 e. The highest BCUT2D eigenvalue weighted by molar-refractivity contribution is 7.99. The molecule has 18 heavy (non-hydrogen) atoms. The second kappa shape index (κ2) is 6.29.